The van der Waals surface area contributed by atoms with E-state index in [0.29, 0.717) is 5.88 Å². The van der Waals surface area contributed by atoms with Crippen LogP contribution in [-0.4, -0.2) is 18.6 Å². The van der Waals surface area contributed by atoms with Crippen LogP contribution >= 0.6 is 0 Å². The van der Waals surface area contributed by atoms with Crippen molar-refractivity contribution in [3.05, 3.63) is 36.0 Å². The molecule has 0 unspecified atom stereocenters. The zero-order valence-electron chi connectivity index (χ0n) is 9.36. The molecule has 15 heavy (non-hydrogen) atoms. The van der Waals surface area contributed by atoms with E-state index in [4.69, 9.17) is 4.74 Å². The number of pyridine rings is 1. The number of hydrogen-bond acceptors (Lipinski definition) is 3. The molecule has 1 rings (SSSR count). The maximum atomic E-state index is 4.99. The quantitative estimate of drug-likeness (QED) is 0.572. The summed E-state index contributed by atoms with van der Waals surface area (Å²) in [6, 6.07) is 3.90. The summed E-state index contributed by atoms with van der Waals surface area (Å²) in [4.78, 5) is 4.14. The van der Waals surface area contributed by atoms with Gasteiger partial charge in [-0.15, -0.1) is 0 Å². The van der Waals surface area contributed by atoms with E-state index >= 15 is 0 Å². The molecule has 0 aromatic carbocycles. The van der Waals surface area contributed by atoms with E-state index in [1.54, 1.807) is 7.11 Å². The highest BCUT2D eigenvalue weighted by Gasteiger charge is 1.94. The molecule has 0 aliphatic rings. The molecular formula is C12H18N2O. The van der Waals surface area contributed by atoms with E-state index in [0.717, 1.165) is 19.5 Å². The van der Waals surface area contributed by atoms with Crippen LogP contribution in [0.2, 0.25) is 0 Å². The first-order valence-corrected chi connectivity index (χ1v) is 5.17. The molecular weight excluding hydrogens is 188 g/mol. The summed E-state index contributed by atoms with van der Waals surface area (Å²) in [5.41, 5.74) is 1.18. The Morgan fingerprint density at radius 2 is 2.33 bits per heavy atom. The van der Waals surface area contributed by atoms with Crippen LogP contribution in [0.3, 0.4) is 0 Å². The van der Waals surface area contributed by atoms with Crippen molar-refractivity contribution in [2.24, 2.45) is 0 Å². The highest BCUT2D eigenvalue weighted by Crippen LogP contribution is 2.05. The van der Waals surface area contributed by atoms with Crippen LogP contribution in [0.25, 0.3) is 0 Å². The molecule has 82 valence electrons. The Bertz CT molecular complexity index is 293. The van der Waals surface area contributed by atoms with Gasteiger partial charge in [0, 0.05) is 18.8 Å². The highest BCUT2D eigenvalue weighted by atomic mass is 16.5. The number of ether oxygens (including phenoxy) is 1. The monoisotopic (exact) mass is 206 g/mol. The van der Waals surface area contributed by atoms with Gasteiger partial charge in [-0.1, -0.05) is 18.2 Å². The summed E-state index contributed by atoms with van der Waals surface area (Å²) >= 11 is 0. The minimum atomic E-state index is 0.660. The van der Waals surface area contributed by atoms with Crippen LogP contribution in [0.5, 0.6) is 5.88 Å². The number of allylic oxidation sites excluding steroid dienone is 1. The van der Waals surface area contributed by atoms with E-state index in [-0.39, 0.29) is 0 Å². The van der Waals surface area contributed by atoms with Gasteiger partial charge < -0.3 is 10.1 Å². The fourth-order valence-corrected chi connectivity index (χ4v) is 1.22. The molecule has 1 heterocycles. The van der Waals surface area contributed by atoms with Crippen LogP contribution in [0.15, 0.2) is 30.5 Å². The molecule has 3 heteroatoms. The lowest BCUT2D eigenvalue weighted by molar-refractivity contribution is 0.397. The number of nitrogens with one attached hydrogen (secondary N) is 1. The van der Waals surface area contributed by atoms with Crippen molar-refractivity contribution >= 4 is 0 Å². The van der Waals surface area contributed by atoms with Gasteiger partial charge in [-0.05, 0) is 25.5 Å². The van der Waals surface area contributed by atoms with Gasteiger partial charge >= 0.3 is 0 Å². The number of nitrogens with zero attached hydrogens (tertiary/aromatic N) is 1. The van der Waals surface area contributed by atoms with Gasteiger partial charge in [0.25, 0.3) is 0 Å². The first-order valence-electron chi connectivity index (χ1n) is 5.17. The molecule has 0 bridgehead atoms. The predicted octanol–water partition coefficient (Wildman–Crippen LogP) is 2.15. The second-order valence-corrected chi connectivity index (χ2v) is 3.24. The summed E-state index contributed by atoms with van der Waals surface area (Å²) in [6.07, 6.45) is 7.12. The van der Waals surface area contributed by atoms with Crippen LogP contribution in [-0.2, 0) is 6.54 Å². The van der Waals surface area contributed by atoms with Gasteiger partial charge in [0.2, 0.25) is 5.88 Å². The Hall–Kier alpha value is -1.35. The molecule has 0 aliphatic carbocycles. The molecule has 0 amide bonds. The van der Waals surface area contributed by atoms with Crippen LogP contribution in [0, 0.1) is 0 Å². The molecule has 0 aliphatic heterocycles. The molecule has 0 fully saturated rings. The fourth-order valence-electron chi connectivity index (χ4n) is 1.22. The molecule has 0 radical (unpaired) electrons. The van der Waals surface area contributed by atoms with E-state index in [1.165, 1.54) is 5.56 Å². The molecule has 1 aromatic heterocycles. The second kappa shape index (κ2) is 7.01. The lowest BCUT2D eigenvalue weighted by atomic mass is 10.3. The van der Waals surface area contributed by atoms with Crippen molar-refractivity contribution in [3.63, 3.8) is 0 Å². The van der Waals surface area contributed by atoms with Crippen LogP contribution in [0.4, 0.5) is 0 Å². The zero-order valence-corrected chi connectivity index (χ0v) is 9.36. The normalized spacial score (nSPS) is 10.8. The van der Waals surface area contributed by atoms with Crippen molar-refractivity contribution in [1.82, 2.24) is 10.3 Å². The predicted molar refractivity (Wildman–Crippen MR) is 61.9 cm³/mol. The molecule has 0 spiro atoms. The van der Waals surface area contributed by atoms with Gasteiger partial charge in [-0.3, -0.25) is 0 Å². The summed E-state index contributed by atoms with van der Waals surface area (Å²) in [7, 11) is 1.62. The third-order valence-electron chi connectivity index (χ3n) is 2.06. The standard InChI is InChI=1S/C12H18N2O/c1-3-4-5-8-13-9-11-6-7-12(15-2)14-10-11/h3-4,6-7,10,13H,5,8-9H2,1-2H3/b4-3+. The van der Waals surface area contributed by atoms with Crippen molar-refractivity contribution in [2.75, 3.05) is 13.7 Å². The van der Waals surface area contributed by atoms with Crippen molar-refractivity contribution in [2.45, 2.75) is 19.9 Å². The Morgan fingerprint density at radius 3 is 2.93 bits per heavy atom. The Labute approximate surface area is 91.2 Å². The van der Waals surface area contributed by atoms with Gasteiger partial charge in [0.15, 0.2) is 0 Å². The first-order chi connectivity index (χ1) is 7.36. The molecule has 0 saturated heterocycles. The number of aromatic nitrogens is 1. The summed E-state index contributed by atoms with van der Waals surface area (Å²) < 4.78 is 4.99. The van der Waals surface area contributed by atoms with E-state index in [1.807, 2.05) is 25.3 Å². The van der Waals surface area contributed by atoms with Crippen LogP contribution in [0.1, 0.15) is 18.9 Å². The SMILES string of the molecule is C/C=C/CCNCc1ccc(OC)nc1. The maximum absolute atomic E-state index is 4.99. The third-order valence-corrected chi connectivity index (χ3v) is 2.06. The topological polar surface area (TPSA) is 34.1 Å². The molecule has 0 atom stereocenters. The maximum Gasteiger partial charge on any atom is 0.212 e. The van der Waals surface area contributed by atoms with Gasteiger partial charge in [0.1, 0.15) is 0 Å². The van der Waals surface area contributed by atoms with Crippen LogP contribution < -0.4 is 10.1 Å². The third kappa shape index (κ3) is 4.61. The van der Waals surface area contributed by atoms with E-state index < -0.39 is 0 Å². The average molecular weight is 206 g/mol. The Balaban J connectivity index is 2.25. The lowest BCUT2D eigenvalue weighted by Crippen LogP contribution is -2.14. The highest BCUT2D eigenvalue weighted by molar-refractivity contribution is 5.17. The van der Waals surface area contributed by atoms with Crippen molar-refractivity contribution in [3.8, 4) is 5.88 Å². The second-order valence-electron chi connectivity index (χ2n) is 3.24. The number of hydrogen-bond donors (Lipinski definition) is 1. The molecule has 0 saturated carbocycles. The van der Waals surface area contributed by atoms with Gasteiger partial charge in [-0.2, -0.15) is 0 Å². The summed E-state index contributed by atoms with van der Waals surface area (Å²) in [6.45, 7) is 3.89. The molecule has 3 nitrogen and oxygen atoms in total. The smallest absolute Gasteiger partial charge is 0.212 e. The van der Waals surface area contributed by atoms with Gasteiger partial charge in [-0.25, -0.2) is 4.98 Å². The van der Waals surface area contributed by atoms with Gasteiger partial charge in [0.05, 0.1) is 7.11 Å². The Kier molecular flexibility index (Phi) is 5.48. The summed E-state index contributed by atoms with van der Waals surface area (Å²) in [5, 5.41) is 3.34. The number of rotatable bonds is 6. The van der Waals surface area contributed by atoms with Crippen molar-refractivity contribution < 1.29 is 4.74 Å². The van der Waals surface area contributed by atoms with Crippen molar-refractivity contribution in [1.29, 1.82) is 0 Å². The fraction of sp³-hybridized carbons (Fsp3) is 0.417. The summed E-state index contributed by atoms with van der Waals surface area (Å²) in [5.74, 6) is 0.660. The lowest BCUT2D eigenvalue weighted by Gasteiger charge is -2.03. The van der Waals surface area contributed by atoms with E-state index in [9.17, 15) is 0 Å². The molecule has 1 aromatic rings. The van der Waals surface area contributed by atoms with E-state index in [2.05, 4.69) is 22.5 Å². The zero-order chi connectivity index (χ0) is 10.9. The minimum Gasteiger partial charge on any atom is -0.481 e. The Morgan fingerprint density at radius 1 is 1.47 bits per heavy atom. The minimum absolute atomic E-state index is 0.660. The largest absolute Gasteiger partial charge is 0.481 e. The molecule has 1 N–H and O–H groups in total. The first kappa shape index (κ1) is 11.7. The number of methoxy groups -OCH3 is 1. The average Bonchev–Trinajstić information content (AvgIpc) is 2.30.